The molecule has 2 aromatic rings. The Morgan fingerprint density at radius 2 is 1.95 bits per heavy atom. The van der Waals surface area contributed by atoms with Crippen molar-refractivity contribution in [2.45, 2.75) is 11.6 Å². The molecule has 1 aromatic heterocycles. The predicted octanol–water partition coefficient (Wildman–Crippen LogP) is 3.56. The molecule has 0 aliphatic rings. The number of halogens is 3. The Labute approximate surface area is 129 Å². The van der Waals surface area contributed by atoms with Crippen LogP contribution < -0.4 is 4.72 Å². The number of aromatic nitrogens is 1. The van der Waals surface area contributed by atoms with Crippen LogP contribution in [0, 0.1) is 0 Å². The topological polar surface area (TPSA) is 62.0 Å². The van der Waals surface area contributed by atoms with Gasteiger partial charge >= 0.3 is 0 Å². The van der Waals surface area contributed by atoms with E-state index in [9.17, 15) is 8.42 Å². The average molecular weight is 384 g/mol. The van der Waals surface area contributed by atoms with Gasteiger partial charge in [-0.1, -0.05) is 29.3 Å². The van der Waals surface area contributed by atoms with E-state index in [2.05, 4.69) is 25.6 Å². The first-order valence-corrected chi connectivity index (χ1v) is 8.20. The molecule has 0 radical (unpaired) electrons. The number of H-pyrrole nitrogens is 1. The van der Waals surface area contributed by atoms with Gasteiger partial charge in [-0.25, -0.2) is 13.1 Å². The number of aromatic amines is 1. The van der Waals surface area contributed by atoms with E-state index in [1.807, 2.05) is 0 Å². The van der Waals surface area contributed by atoms with Crippen molar-refractivity contribution in [2.75, 3.05) is 0 Å². The second kappa shape index (κ2) is 5.85. The van der Waals surface area contributed by atoms with Gasteiger partial charge in [0.15, 0.2) is 0 Å². The fourth-order valence-corrected chi connectivity index (χ4v) is 3.37. The minimum atomic E-state index is -3.59. The van der Waals surface area contributed by atoms with Crippen LogP contribution in [0.5, 0.6) is 0 Å². The predicted molar refractivity (Wildman–Crippen MR) is 79.0 cm³/mol. The van der Waals surface area contributed by atoms with Crippen molar-refractivity contribution in [1.82, 2.24) is 9.71 Å². The molecule has 0 atom stereocenters. The fourth-order valence-electron chi connectivity index (χ4n) is 1.42. The van der Waals surface area contributed by atoms with Gasteiger partial charge in [-0.15, -0.1) is 0 Å². The van der Waals surface area contributed by atoms with Crippen molar-refractivity contribution >= 4 is 49.2 Å². The Kier molecular flexibility index (Phi) is 4.58. The van der Waals surface area contributed by atoms with Crippen LogP contribution in [0.3, 0.4) is 0 Å². The molecule has 19 heavy (non-hydrogen) atoms. The summed E-state index contributed by atoms with van der Waals surface area (Å²) in [6.07, 6.45) is 0. The van der Waals surface area contributed by atoms with Crippen LogP contribution in [0.1, 0.15) is 5.56 Å². The molecule has 0 aliphatic heterocycles. The van der Waals surface area contributed by atoms with Crippen LogP contribution in [0.15, 0.2) is 40.0 Å². The first-order valence-electron chi connectivity index (χ1n) is 5.16. The summed E-state index contributed by atoms with van der Waals surface area (Å²) in [5.41, 5.74) is 0.653. The summed E-state index contributed by atoms with van der Waals surface area (Å²) in [6, 6.07) is 7.98. The van der Waals surface area contributed by atoms with Gasteiger partial charge in [0.1, 0.15) is 5.03 Å². The van der Waals surface area contributed by atoms with E-state index < -0.39 is 10.0 Å². The number of rotatable bonds is 4. The average Bonchev–Trinajstić information content (AvgIpc) is 2.75. The van der Waals surface area contributed by atoms with Crippen molar-refractivity contribution < 1.29 is 8.42 Å². The number of nitrogens with one attached hydrogen (secondary N) is 2. The molecule has 1 aromatic carbocycles. The summed E-state index contributed by atoms with van der Waals surface area (Å²) in [4.78, 5) is 2.69. The van der Waals surface area contributed by atoms with Crippen molar-refractivity contribution in [1.29, 1.82) is 0 Å². The van der Waals surface area contributed by atoms with Crippen molar-refractivity contribution in [3.05, 3.63) is 50.5 Å². The Balaban J connectivity index is 2.14. The molecule has 0 amide bonds. The van der Waals surface area contributed by atoms with Crippen LogP contribution in [0.2, 0.25) is 10.0 Å². The molecule has 2 N–H and O–H groups in total. The molecule has 1 heterocycles. The van der Waals surface area contributed by atoms with Gasteiger partial charge in [0.2, 0.25) is 0 Å². The fraction of sp³-hybridized carbons (Fsp3) is 0.0909. The Bertz CT molecular complexity index is 700. The first-order chi connectivity index (χ1) is 8.88. The molecular weight excluding hydrogens is 375 g/mol. The monoisotopic (exact) mass is 382 g/mol. The minimum Gasteiger partial charge on any atom is -0.339 e. The van der Waals surface area contributed by atoms with Gasteiger partial charge in [-0.3, -0.25) is 0 Å². The molecule has 4 nitrogen and oxygen atoms in total. The number of hydrogen-bond donors (Lipinski definition) is 2. The van der Waals surface area contributed by atoms with Crippen molar-refractivity contribution in [3.63, 3.8) is 0 Å². The van der Waals surface area contributed by atoms with Crippen LogP contribution in [-0.4, -0.2) is 13.4 Å². The van der Waals surface area contributed by atoms with Crippen molar-refractivity contribution in [2.24, 2.45) is 0 Å². The molecule has 0 fully saturated rings. The second-order valence-corrected chi connectivity index (χ2v) is 7.16. The molecule has 8 heteroatoms. The Morgan fingerprint density at radius 1 is 1.21 bits per heavy atom. The highest BCUT2D eigenvalue weighted by Gasteiger charge is 2.16. The first kappa shape index (κ1) is 14.9. The minimum absolute atomic E-state index is 0.0875. The summed E-state index contributed by atoms with van der Waals surface area (Å²) in [5, 5.41) is 1.01. The third-order valence-corrected chi connectivity index (χ3v) is 4.77. The summed E-state index contributed by atoms with van der Waals surface area (Å²) >= 11 is 14.9. The normalized spacial score (nSPS) is 11.7. The van der Waals surface area contributed by atoms with E-state index in [1.165, 1.54) is 6.07 Å². The van der Waals surface area contributed by atoms with E-state index >= 15 is 0 Å². The molecule has 102 valence electrons. The summed E-state index contributed by atoms with van der Waals surface area (Å²) in [5.74, 6) is 0. The van der Waals surface area contributed by atoms with Crippen molar-refractivity contribution in [3.8, 4) is 0 Å². The van der Waals surface area contributed by atoms with Crippen LogP contribution in [0.4, 0.5) is 0 Å². The molecule has 0 aliphatic carbocycles. The number of benzene rings is 1. The Hall–Kier alpha value is -0.530. The zero-order chi connectivity index (χ0) is 14.0. The number of sulfonamides is 1. The highest BCUT2D eigenvalue weighted by atomic mass is 79.9. The summed E-state index contributed by atoms with van der Waals surface area (Å²) in [6.45, 7) is 0.0922. The lowest BCUT2D eigenvalue weighted by atomic mass is 10.2. The maximum absolute atomic E-state index is 12.0. The molecular formula is C11H9BrCl2N2O2S. The third kappa shape index (κ3) is 3.73. The largest absolute Gasteiger partial charge is 0.339 e. The molecule has 0 saturated heterocycles. The standard InChI is InChI=1S/C11H9BrCl2N2O2S/c12-10-3-4-11(16-10)19(17,18)15-6-7-1-2-8(13)5-9(7)14/h1-5,15-16H,6H2. The van der Waals surface area contributed by atoms with Gasteiger partial charge in [-0.05, 0) is 45.8 Å². The van der Waals surface area contributed by atoms with E-state index in [1.54, 1.807) is 24.3 Å². The molecule has 0 unspecified atom stereocenters. The molecule has 0 bridgehead atoms. The lowest BCUT2D eigenvalue weighted by Crippen LogP contribution is -2.23. The number of hydrogen-bond acceptors (Lipinski definition) is 2. The summed E-state index contributed by atoms with van der Waals surface area (Å²) in [7, 11) is -3.59. The van der Waals surface area contributed by atoms with Crippen LogP contribution >= 0.6 is 39.1 Å². The lowest BCUT2D eigenvalue weighted by Gasteiger charge is -2.07. The summed E-state index contributed by atoms with van der Waals surface area (Å²) < 4.78 is 27.0. The van der Waals surface area contributed by atoms with Crippen LogP contribution in [0.25, 0.3) is 0 Å². The van der Waals surface area contributed by atoms with Gasteiger partial charge in [-0.2, -0.15) is 0 Å². The van der Waals surface area contributed by atoms with Crippen LogP contribution in [-0.2, 0) is 16.6 Å². The van der Waals surface area contributed by atoms with Gasteiger partial charge in [0, 0.05) is 16.6 Å². The SMILES string of the molecule is O=S(=O)(NCc1ccc(Cl)cc1Cl)c1ccc(Br)[nH]1. The molecule has 0 spiro atoms. The highest BCUT2D eigenvalue weighted by molar-refractivity contribution is 9.10. The zero-order valence-electron chi connectivity index (χ0n) is 9.45. The quantitative estimate of drug-likeness (QED) is 0.847. The van der Waals surface area contributed by atoms with E-state index in [-0.39, 0.29) is 11.6 Å². The lowest BCUT2D eigenvalue weighted by molar-refractivity contribution is 0.578. The van der Waals surface area contributed by atoms with E-state index in [0.29, 0.717) is 20.2 Å². The Morgan fingerprint density at radius 3 is 2.53 bits per heavy atom. The smallest absolute Gasteiger partial charge is 0.256 e. The maximum Gasteiger partial charge on any atom is 0.256 e. The highest BCUT2D eigenvalue weighted by Crippen LogP contribution is 2.21. The third-order valence-electron chi connectivity index (χ3n) is 2.38. The second-order valence-electron chi connectivity index (χ2n) is 3.73. The van der Waals surface area contributed by atoms with E-state index in [0.717, 1.165) is 0 Å². The molecule has 0 saturated carbocycles. The maximum atomic E-state index is 12.0. The van der Waals surface area contributed by atoms with E-state index in [4.69, 9.17) is 23.2 Å². The van der Waals surface area contributed by atoms with Gasteiger partial charge in [0.25, 0.3) is 10.0 Å². The molecule has 2 rings (SSSR count). The zero-order valence-corrected chi connectivity index (χ0v) is 13.4. The van der Waals surface area contributed by atoms with Gasteiger partial charge in [0.05, 0.1) is 4.60 Å². The van der Waals surface area contributed by atoms with Gasteiger partial charge < -0.3 is 4.98 Å².